The Morgan fingerprint density at radius 2 is 0.769 bits per heavy atom. The lowest BCUT2D eigenvalue weighted by molar-refractivity contribution is 0.0718. The predicted octanol–water partition coefficient (Wildman–Crippen LogP) is 5.91. The molecule has 8 nitrogen and oxygen atoms in total. The largest absolute Gasteiger partial charge is 0.508 e. The maximum absolute atomic E-state index is 12.6. The molecule has 0 fully saturated rings. The highest BCUT2D eigenvalue weighted by Crippen LogP contribution is 2.23. The van der Waals surface area contributed by atoms with Crippen LogP contribution in [0.1, 0.15) is 31.1 Å². The molecule has 0 saturated carbocycles. The number of hydrogen-bond donors (Lipinski definition) is 2. The van der Waals surface area contributed by atoms with Gasteiger partial charge in [0.05, 0.1) is 16.7 Å². The molecule has 0 atom stereocenters. The first-order chi connectivity index (χ1) is 18.8. The second-order valence-electron chi connectivity index (χ2n) is 8.46. The molecule has 192 valence electrons. The minimum absolute atomic E-state index is 0.0394. The van der Waals surface area contributed by atoms with Crippen LogP contribution >= 0.6 is 0 Å². The molecule has 5 aromatic carbocycles. The summed E-state index contributed by atoms with van der Waals surface area (Å²) in [4.78, 5) is 37.3. The maximum atomic E-state index is 12.6. The summed E-state index contributed by atoms with van der Waals surface area (Å²) in [6.07, 6.45) is 0. The van der Waals surface area contributed by atoms with E-state index in [2.05, 4.69) is 0 Å². The lowest BCUT2D eigenvalue weighted by atomic mass is 10.1. The smallest absolute Gasteiger partial charge is 0.343 e. The fraction of sp³-hybridized carbons (Fsp3) is 0. The molecule has 0 aliphatic rings. The third-order valence-electron chi connectivity index (χ3n) is 5.71. The fourth-order valence-corrected chi connectivity index (χ4v) is 3.69. The summed E-state index contributed by atoms with van der Waals surface area (Å²) in [7, 11) is 0. The molecule has 0 saturated heterocycles. The van der Waals surface area contributed by atoms with Crippen molar-refractivity contribution in [3.63, 3.8) is 0 Å². The van der Waals surface area contributed by atoms with Gasteiger partial charge in [-0.3, -0.25) is 0 Å². The molecule has 39 heavy (non-hydrogen) atoms. The van der Waals surface area contributed by atoms with Crippen LogP contribution in [-0.4, -0.2) is 28.1 Å². The van der Waals surface area contributed by atoms with E-state index in [0.717, 1.165) is 10.8 Å². The van der Waals surface area contributed by atoms with Gasteiger partial charge in [0.15, 0.2) is 0 Å². The normalized spacial score (nSPS) is 10.6. The standard InChI is InChI=1S/C31H20O8/c32-24-8-3-19(4-9-24)29(34)37-27-13-15-28(16-14-27)38-30(35)20-6-11-26(12-7-20)39-31(36)23-2-1-22-18-25(33)10-5-21(22)17-23/h1-18,32-33H. The predicted molar refractivity (Wildman–Crippen MR) is 141 cm³/mol. The first kappa shape index (κ1) is 25.0. The van der Waals surface area contributed by atoms with Crippen molar-refractivity contribution in [2.75, 3.05) is 0 Å². The van der Waals surface area contributed by atoms with Gasteiger partial charge in [-0.25, -0.2) is 14.4 Å². The number of benzene rings is 5. The van der Waals surface area contributed by atoms with E-state index in [0.29, 0.717) is 5.56 Å². The number of hydrogen-bond acceptors (Lipinski definition) is 8. The van der Waals surface area contributed by atoms with Gasteiger partial charge in [0, 0.05) is 0 Å². The van der Waals surface area contributed by atoms with Crippen LogP contribution in [0.5, 0.6) is 28.7 Å². The zero-order valence-corrected chi connectivity index (χ0v) is 20.2. The summed E-state index contributed by atoms with van der Waals surface area (Å²) in [5.41, 5.74) is 0.854. The monoisotopic (exact) mass is 520 g/mol. The summed E-state index contributed by atoms with van der Waals surface area (Å²) < 4.78 is 16.1. The Bertz CT molecular complexity index is 1670. The van der Waals surface area contributed by atoms with Crippen LogP contribution in [-0.2, 0) is 0 Å². The Kier molecular flexibility index (Phi) is 6.92. The molecule has 5 rings (SSSR count). The second kappa shape index (κ2) is 10.8. The zero-order chi connectivity index (χ0) is 27.4. The SMILES string of the molecule is O=C(Oc1ccc(OC(=O)c2ccc(OC(=O)c3ccc4cc(O)ccc4c3)cc2)cc1)c1ccc(O)cc1. The molecular weight excluding hydrogens is 500 g/mol. The van der Waals surface area contributed by atoms with Crippen molar-refractivity contribution in [1.29, 1.82) is 0 Å². The van der Waals surface area contributed by atoms with Crippen molar-refractivity contribution in [3.8, 4) is 28.7 Å². The molecule has 0 aliphatic carbocycles. The number of phenols is 2. The Morgan fingerprint density at radius 1 is 0.410 bits per heavy atom. The van der Waals surface area contributed by atoms with E-state index >= 15 is 0 Å². The number of ether oxygens (including phenoxy) is 3. The first-order valence-corrected chi connectivity index (χ1v) is 11.7. The lowest BCUT2D eigenvalue weighted by Gasteiger charge is -2.08. The molecule has 0 bridgehead atoms. The number of carbonyl (C=O) groups is 3. The van der Waals surface area contributed by atoms with Gasteiger partial charge >= 0.3 is 17.9 Å². The van der Waals surface area contributed by atoms with Crippen LogP contribution in [0.2, 0.25) is 0 Å². The van der Waals surface area contributed by atoms with Crippen molar-refractivity contribution in [1.82, 2.24) is 0 Å². The van der Waals surface area contributed by atoms with E-state index in [1.807, 2.05) is 0 Å². The molecule has 5 aromatic rings. The highest BCUT2D eigenvalue weighted by molar-refractivity contribution is 5.97. The number of phenolic OH excluding ortho intramolecular Hbond substituents is 2. The number of carbonyl (C=O) groups excluding carboxylic acids is 3. The van der Waals surface area contributed by atoms with Gasteiger partial charge in [-0.2, -0.15) is 0 Å². The Hall–Kier alpha value is -5.63. The molecular formula is C31H20O8. The summed E-state index contributed by atoms with van der Waals surface area (Å²) in [6, 6.07) is 27.4. The van der Waals surface area contributed by atoms with Gasteiger partial charge < -0.3 is 24.4 Å². The van der Waals surface area contributed by atoms with E-state index in [4.69, 9.17) is 14.2 Å². The van der Waals surface area contributed by atoms with Gasteiger partial charge in [-0.15, -0.1) is 0 Å². The van der Waals surface area contributed by atoms with Gasteiger partial charge in [-0.1, -0.05) is 12.1 Å². The molecule has 0 aliphatic heterocycles. The van der Waals surface area contributed by atoms with E-state index in [1.165, 1.54) is 78.9 Å². The molecule has 0 unspecified atom stereocenters. The lowest BCUT2D eigenvalue weighted by Crippen LogP contribution is -2.10. The van der Waals surface area contributed by atoms with Gasteiger partial charge in [-0.05, 0) is 108 Å². The van der Waals surface area contributed by atoms with Crippen LogP contribution in [0.25, 0.3) is 10.8 Å². The highest BCUT2D eigenvalue weighted by Gasteiger charge is 2.13. The number of fused-ring (bicyclic) bond motifs is 1. The van der Waals surface area contributed by atoms with Crippen LogP contribution in [0.15, 0.2) is 109 Å². The van der Waals surface area contributed by atoms with Gasteiger partial charge in [0.1, 0.15) is 28.7 Å². The minimum atomic E-state index is -0.625. The summed E-state index contributed by atoms with van der Waals surface area (Å²) >= 11 is 0. The van der Waals surface area contributed by atoms with E-state index < -0.39 is 17.9 Å². The molecule has 2 N–H and O–H groups in total. The van der Waals surface area contributed by atoms with Crippen LogP contribution in [0.4, 0.5) is 0 Å². The Labute approximate surface area is 222 Å². The average Bonchev–Trinajstić information content (AvgIpc) is 2.94. The molecule has 0 heterocycles. The third kappa shape index (κ3) is 6.03. The summed E-state index contributed by atoms with van der Waals surface area (Å²) in [5, 5.41) is 20.5. The van der Waals surface area contributed by atoms with Crippen molar-refractivity contribution in [3.05, 3.63) is 126 Å². The number of esters is 3. The van der Waals surface area contributed by atoms with Crippen molar-refractivity contribution in [2.45, 2.75) is 0 Å². The van der Waals surface area contributed by atoms with Crippen molar-refractivity contribution in [2.24, 2.45) is 0 Å². The fourth-order valence-electron chi connectivity index (χ4n) is 3.69. The Morgan fingerprint density at radius 3 is 1.31 bits per heavy atom. The molecule has 0 amide bonds. The average molecular weight is 520 g/mol. The highest BCUT2D eigenvalue weighted by atomic mass is 16.5. The molecule has 0 radical (unpaired) electrons. The molecule has 0 aromatic heterocycles. The van der Waals surface area contributed by atoms with Crippen LogP contribution in [0, 0.1) is 0 Å². The second-order valence-corrected chi connectivity index (χ2v) is 8.46. The number of aromatic hydroxyl groups is 2. The third-order valence-corrected chi connectivity index (χ3v) is 5.71. The van der Waals surface area contributed by atoms with Crippen molar-refractivity contribution < 1.29 is 38.8 Å². The van der Waals surface area contributed by atoms with E-state index in [-0.39, 0.29) is 39.9 Å². The quantitative estimate of drug-likeness (QED) is 0.210. The zero-order valence-electron chi connectivity index (χ0n) is 20.2. The van der Waals surface area contributed by atoms with Gasteiger partial charge in [0.2, 0.25) is 0 Å². The summed E-state index contributed by atoms with van der Waals surface area (Å²) in [5.74, 6) is -0.860. The van der Waals surface area contributed by atoms with Crippen molar-refractivity contribution >= 4 is 28.7 Å². The first-order valence-electron chi connectivity index (χ1n) is 11.7. The topological polar surface area (TPSA) is 119 Å². The van der Waals surface area contributed by atoms with Gasteiger partial charge in [0.25, 0.3) is 0 Å². The van der Waals surface area contributed by atoms with E-state index in [9.17, 15) is 24.6 Å². The maximum Gasteiger partial charge on any atom is 0.343 e. The molecule has 8 heteroatoms. The molecule has 0 spiro atoms. The Balaban J connectivity index is 1.17. The van der Waals surface area contributed by atoms with Crippen LogP contribution < -0.4 is 14.2 Å². The van der Waals surface area contributed by atoms with Crippen LogP contribution in [0.3, 0.4) is 0 Å². The minimum Gasteiger partial charge on any atom is -0.508 e. The summed E-state index contributed by atoms with van der Waals surface area (Å²) in [6.45, 7) is 0. The number of rotatable bonds is 6. The van der Waals surface area contributed by atoms with E-state index in [1.54, 1.807) is 30.3 Å².